The number of hydrogen-bond donors (Lipinski definition) is 1. The quantitative estimate of drug-likeness (QED) is 0.852. The second-order valence-corrected chi connectivity index (χ2v) is 7.94. The van der Waals surface area contributed by atoms with Crippen molar-refractivity contribution in [3.8, 4) is 0 Å². The van der Waals surface area contributed by atoms with Crippen molar-refractivity contribution in [3.63, 3.8) is 0 Å². The van der Waals surface area contributed by atoms with Crippen LogP contribution in [0.1, 0.15) is 38.1 Å². The molecule has 1 amide bonds. The molecule has 0 fully saturated rings. The molecule has 0 aromatic carbocycles. The second kappa shape index (κ2) is 7.41. The average Bonchev–Trinajstić information content (AvgIpc) is 2.73. The van der Waals surface area contributed by atoms with E-state index in [1.54, 1.807) is 16.2 Å². The highest BCUT2D eigenvalue weighted by Gasteiger charge is 2.23. The zero-order chi connectivity index (χ0) is 14.6. The number of carbonyl (C=O) groups is 1. The molecule has 0 spiro atoms. The molecule has 1 N–H and O–H groups in total. The number of likely N-dealkylation sites (N-methyl/N-ethyl adjacent to an activating group) is 1. The van der Waals surface area contributed by atoms with Crippen LogP contribution in [0.4, 0.5) is 0 Å². The zero-order valence-corrected chi connectivity index (χ0v) is 14.6. The van der Waals surface area contributed by atoms with Crippen LogP contribution >= 0.6 is 27.3 Å². The highest BCUT2D eigenvalue weighted by atomic mass is 79.9. The third-order valence-electron chi connectivity index (χ3n) is 2.92. The summed E-state index contributed by atoms with van der Waals surface area (Å²) in [5.74, 6) is 0.639. The Morgan fingerprint density at radius 1 is 1.37 bits per heavy atom. The third-order valence-corrected chi connectivity index (χ3v) is 4.72. The van der Waals surface area contributed by atoms with Gasteiger partial charge in [-0.2, -0.15) is 0 Å². The molecule has 0 saturated heterocycles. The molecule has 0 aliphatic rings. The Bertz CT molecular complexity index is 417. The molecule has 19 heavy (non-hydrogen) atoms. The van der Waals surface area contributed by atoms with E-state index >= 15 is 0 Å². The molecule has 0 bridgehead atoms. The first-order valence-corrected chi connectivity index (χ1v) is 8.14. The monoisotopic (exact) mass is 346 g/mol. The first kappa shape index (κ1) is 16.7. The standard InChI is InChI=1S/C14H23BrN2OS/c1-9(2)8-11(14(18)17(4)5)16-10(3)12-6-7-13(15)19-12/h6-7,9-11,16H,8H2,1-5H3. The fourth-order valence-corrected chi connectivity index (χ4v) is 3.40. The number of thiophene rings is 1. The van der Waals surface area contributed by atoms with E-state index in [1.807, 2.05) is 20.2 Å². The molecule has 0 saturated carbocycles. The minimum Gasteiger partial charge on any atom is -0.347 e. The Morgan fingerprint density at radius 2 is 2.00 bits per heavy atom. The number of nitrogens with zero attached hydrogens (tertiary/aromatic N) is 1. The lowest BCUT2D eigenvalue weighted by molar-refractivity contribution is -0.131. The summed E-state index contributed by atoms with van der Waals surface area (Å²) >= 11 is 5.18. The van der Waals surface area contributed by atoms with Crippen molar-refractivity contribution >= 4 is 33.2 Å². The lowest BCUT2D eigenvalue weighted by Crippen LogP contribution is -2.45. The molecule has 108 valence electrons. The SMILES string of the molecule is CC(C)CC(NC(C)c1ccc(Br)s1)C(=O)N(C)C. The van der Waals surface area contributed by atoms with Gasteiger partial charge in [0.15, 0.2) is 0 Å². The topological polar surface area (TPSA) is 32.3 Å². The summed E-state index contributed by atoms with van der Waals surface area (Å²) in [6, 6.07) is 4.21. The molecule has 1 aromatic rings. The van der Waals surface area contributed by atoms with E-state index in [0.29, 0.717) is 5.92 Å². The smallest absolute Gasteiger partial charge is 0.239 e. The fourth-order valence-electron chi connectivity index (χ4n) is 1.97. The predicted molar refractivity (Wildman–Crippen MR) is 85.5 cm³/mol. The molecule has 3 nitrogen and oxygen atoms in total. The summed E-state index contributed by atoms with van der Waals surface area (Å²) < 4.78 is 1.12. The van der Waals surface area contributed by atoms with Crippen LogP contribution in [-0.4, -0.2) is 30.9 Å². The number of amides is 1. The van der Waals surface area contributed by atoms with E-state index in [9.17, 15) is 4.79 Å². The lowest BCUT2D eigenvalue weighted by atomic mass is 10.0. The lowest BCUT2D eigenvalue weighted by Gasteiger charge is -2.26. The Hall–Kier alpha value is -0.390. The van der Waals surface area contributed by atoms with Gasteiger partial charge in [0, 0.05) is 25.0 Å². The molecule has 2 atom stereocenters. The van der Waals surface area contributed by atoms with Crippen molar-refractivity contribution in [2.45, 2.75) is 39.3 Å². The van der Waals surface area contributed by atoms with E-state index in [1.165, 1.54) is 4.88 Å². The molecule has 0 aliphatic heterocycles. The maximum absolute atomic E-state index is 12.2. The zero-order valence-electron chi connectivity index (χ0n) is 12.2. The van der Waals surface area contributed by atoms with Crippen molar-refractivity contribution in [1.29, 1.82) is 0 Å². The van der Waals surface area contributed by atoms with Gasteiger partial charge >= 0.3 is 0 Å². The number of nitrogens with one attached hydrogen (secondary N) is 1. The van der Waals surface area contributed by atoms with Gasteiger partial charge in [-0.05, 0) is 47.3 Å². The summed E-state index contributed by atoms with van der Waals surface area (Å²) in [6.07, 6.45) is 0.855. The van der Waals surface area contributed by atoms with Crippen molar-refractivity contribution in [2.24, 2.45) is 5.92 Å². The van der Waals surface area contributed by atoms with Crippen LogP contribution in [0, 0.1) is 5.92 Å². The Kier molecular flexibility index (Phi) is 6.50. The van der Waals surface area contributed by atoms with Crippen LogP contribution in [0.5, 0.6) is 0 Å². The van der Waals surface area contributed by atoms with E-state index in [4.69, 9.17) is 0 Å². The molecule has 1 heterocycles. The normalized spacial score (nSPS) is 14.5. The van der Waals surface area contributed by atoms with Crippen molar-refractivity contribution in [1.82, 2.24) is 10.2 Å². The summed E-state index contributed by atoms with van der Waals surface area (Å²) in [5, 5.41) is 3.46. The summed E-state index contributed by atoms with van der Waals surface area (Å²) in [7, 11) is 3.62. The predicted octanol–water partition coefficient (Wildman–Crippen LogP) is 3.66. The van der Waals surface area contributed by atoms with Crippen LogP contribution in [0.2, 0.25) is 0 Å². The summed E-state index contributed by atoms with van der Waals surface area (Å²) in [6.45, 7) is 6.39. The summed E-state index contributed by atoms with van der Waals surface area (Å²) in [4.78, 5) is 15.1. The maximum atomic E-state index is 12.2. The van der Waals surface area contributed by atoms with Gasteiger partial charge in [0.2, 0.25) is 5.91 Å². The second-order valence-electron chi connectivity index (χ2n) is 5.45. The van der Waals surface area contributed by atoms with Crippen LogP contribution in [0.25, 0.3) is 0 Å². The van der Waals surface area contributed by atoms with Crippen LogP contribution in [0.15, 0.2) is 15.9 Å². The summed E-state index contributed by atoms with van der Waals surface area (Å²) in [5.41, 5.74) is 0. The first-order chi connectivity index (χ1) is 8.81. The van der Waals surface area contributed by atoms with Gasteiger partial charge in [-0.15, -0.1) is 11.3 Å². The molecule has 5 heteroatoms. The number of carbonyl (C=O) groups excluding carboxylic acids is 1. The van der Waals surface area contributed by atoms with Crippen LogP contribution < -0.4 is 5.32 Å². The average molecular weight is 347 g/mol. The minimum absolute atomic E-state index is 0.120. The highest BCUT2D eigenvalue weighted by molar-refractivity contribution is 9.11. The van der Waals surface area contributed by atoms with Gasteiger partial charge in [-0.1, -0.05) is 13.8 Å². The van der Waals surface area contributed by atoms with E-state index in [2.05, 4.69) is 48.1 Å². The first-order valence-electron chi connectivity index (χ1n) is 6.53. The molecular formula is C14H23BrN2OS. The molecular weight excluding hydrogens is 324 g/mol. The number of rotatable bonds is 6. The Labute approximate surface area is 128 Å². The van der Waals surface area contributed by atoms with E-state index in [0.717, 1.165) is 10.2 Å². The van der Waals surface area contributed by atoms with Crippen LogP contribution in [-0.2, 0) is 4.79 Å². The van der Waals surface area contributed by atoms with Gasteiger partial charge in [-0.3, -0.25) is 10.1 Å². The van der Waals surface area contributed by atoms with Gasteiger partial charge in [0.25, 0.3) is 0 Å². The largest absolute Gasteiger partial charge is 0.347 e. The Morgan fingerprint density at radius 3 is 2.42 bits per heavy atom. The van der Waals surface area contributed by atoms with Gasteiger partial charge in [-0.25, -0.2) is 0 Å². The van der Waals surface area contributed by atoms with Crippen molar-refractivity contribution in [3.05, 3.63) is 20.8 Å². The molecule has 1 aromatic heterocycles. The molecule has 1 rings (SSSR count). The van der Waals surface area contributed by atoms with Gasteiger partial charge < -0.3 is 4.90 Å². The van der Waals surface area contributed by atoms with Crippen molar-refractivity contribution < 1.29 is 4.79 Å². The van der Waals surface area contributed by atoms with Crippen LogP contribution in [0.3, 0.4) is 0 Å². The molecule has 2 unspecified atom stereocenters. The van der Waals surface area contributed by atoms with Gasteiger partial charge in [0.05, 0.1) is 9.83 Å². The Balaban J connectivity index is 2.73. The third kappa shape index (κ3) is 5.24. The number of halogens is 1. The number of hydrogen-bond acceptors (Lipinski definition) is 3. The van der Waals surface area contributed by atoms with Crippen molar-refractivity contribution in [2.75, 3.05) is 14.1 Å². The minimum atomic E-state index is -0.120. The molecule has 0 radical (unpaired) electrons. The van der Waals surface area contributed by atoms with Gasteiger partial charge in [0.1, 0.15) is 0 Å². The fraction of sp³-hybridized carbons (Fsp3) is 0.643. The highest BCUT2D eigenvalue weighted by Crippen LogP contribution is 2.27. The maximum Gasteiger partial charge on any atom is 0.239 e. The van der Waals surface area contributed by atoms with E-state index < -0.39 is 0 Å². The van der Waals surface area contributed by atoms with E-state index in [-0.39, 0.29) is 18.0 Å². The molecule has 0 aliphatic carbocycles.